The Hall–Kier alpha value is -3.01. The van der Waals surface area contributed by atoms with Crippen LogP contribution in [0.5, 0.6) is 5.75 Å². The van der Waals surface area contributed by atoms with E-state index in [0.29, 0.717) is 18.0 Å². The zero-order chi connectivity index (χ0) is 34.6. The Labute approximate surface area is 292 Å². The Kier molecular flexibility index (Phi) is 11.9. The lowest BCUT2D eigenvalue weighted by molar-refractivity contribution is -0.142. The molecule has 0 saturated heterocycles. The highest BCUT2D eigenvalue weighted by Crippen LogP contribution is 2.52. The molecular formula is C39H57N5O3S. The summed E-state index contributed by atoms with van der Waals surface area (Å²) in [5, 5.41) is 1.20. The van der Waals surface area contributed by atoms with Gasteiger partial charge < -0.3 is 19.1 Å². The summed E-state index contributed by atoms with van der Waals surface area (Å²) in [6.07, 6.45) is 10.5. The largest absolute Gasteiger partial charge is 0.497 e. The molecule has 2 amide bonds. The number of benzene rings is 2. The number of rotatable bonds is 13. The third-order valence-electron chi connectivity index (χ3n) is 10.8. The molecule has 5 rings (SSSR count). The number of fused-ring (bicyclic) bond motifs is 5. The standard InChI is InChI=1S/C39H57N5O3S/c1-27-33-25-30(47-8)19-21-31(33)36-35(28-16-12-11-13-17-28)32-20-18-29(37(45)40-48-42(5)6)24-34(32)44(36)26-39(27,2)38(46)43(7)23-15-10-9-14-22-41(3)4/h18-21,24-25,27-28H,9-17,22-23,26H2,1-8H3,(H,40,45)/t27-,39-/m0/s1. The van der Waals surface area contributed by atoms with E-state index in [1.165, 1.54) is 66.4 Å². The number of nitrogens with zero attached hydrogens (tertiary/aromatic N) is 4. The molecular weight excluding hydrogens is 619 g/mol. The molecule has 1 aromatic heterocycles. The minimum absolute atomic E-state index is 0.0604. The zero-order valence-electron chi connectivity index (χ0n) is 30.5. The minimum atomic E-state index is -0.721. The number of carbonyl (C=O) groups is 2. The van der Waals surface area contributed by atoms with Crippen molar-refractivity contribution in [2.75, 3.05) is 55.4 Å². The van der Waals surface area contributed by atoms with Crippen molar-refractivity contribution in [2.24, 2.45) is 5.41 Å². The van der Waals surface area contributed by atoms with Crippen molar-refractivity contribution >= 4 is 34.9 Å². The average molecular weight is 676 g/mol. The molecule has 2 atom stereocenters. The van der Waals surface area contributed by atoms with Gasteiger partial charge in [-0.1, -0.05) is 45.1 Å². The van der Waals surface area contributed by atoms with Gasteiger partial charge in [0.1, 0.15) is 5.75 Å². The van der Waals surface area contributed by atoms with E-state index >= 15 is 0 Å². The van der Waals surface area contributed by atoms with Crippen LogP contribution in [0.25, 0.3) is 22.2 Å². The molecule has 3 aromatic rings. The lowest BCUT2D eigenvalue weighted by Crippen LogP contribution is -2.45. The Morgan fingerprint density at radius 3 is 2.33 bits per heavy atom. The first-order valence-electron chi connectivity index (χ1n) is 17.9. The van der Waals surface area contributed by atoms with E-state index in [1.54, 1.807) is 7.11 Å². The van der Waals surface area contributed by atoms with E-state index in [9.17, 15) is 9.59 Å². The molecule has 0 radical (unpaired) electrons. The fraction of sp³-hybridized carbons (Fsp3) is 0.590. The second-order valence-electron chi connectivity index (χ2n) is 14.8. The van der Waals surface area contributed by atoms with Crippen LogP contribution in [-0.2, 0) is 11.3 Å². The molecule has 2 aromatic carbocycles. The summed E-state index contributed by atoms with van der Waals surface area (Å²) in [4.78, 5) is 32.3. The number of nitrogens with one attached hydrogen (secondary N) is 1. The van der Waals surface area contributed by atoms with Gasteiger partial charge in [-0.2, -0.15) is 0 Å². The van der Waals surface area contributed by atoms with Crippen LogP contribution in [0, 0.1) is 5.41 Å². The van der Waals surface area contributed by atoms with Gasteiger partial charge in [0.15, 0.2) is 0 Å². The molecule has 2 heterocycles. The maximum atomic E-state index is 14.7. The maximum Gasteiger partial charge on any atom is 0.262 e. The molecule has 1 N–H and O–H groups in total. The van der Waals surface area contributed by atoms with Crippen LogP contribution in [0.2, 0.25) is 0 Å². The van der Waals surface area contributed by atoms with Gasteiger partial charge in [0.05, 0.1) is 18.2 Å². The quantitative estimate of drug-likeness (QED) is 0.147. The Morgan fingerprint density at radius 1 is 0.958 bits per heavy atom. The van der Waals surface area contributed by atoms with Gasteiger partial charge in [0, 0.05) is 54.3 Å². The summed E-state index contributed by atoms with van der Waals surface area (Å²) < 4.78 is 13.0. The molecule has 0 bridgehead atoms. The first kappa shape index (κ1) is 36.3. The fourth-order valence-electron chi connectivity index (χ4n) is 7.94. The topological polar surface area (TPSA) is 70.0 Å². The first-order valence-corrected chi connectivity index (χ1v) is 18.6. The SMILES string of the molecule is COc1ccc2c(c1)[C@H](C)[C@@](C)(C(=O)N(C)CCCCCCN(C)C)Cn1c-2c(C2CCCCC2)c2ccc(C(=O)NSN(C)C)cc21. The first-order chi connectivity index (χ1) is 23.0. The molecule has 8 nitrogen and oxygen atoms in total. The van der Waals surface area contributed by atoms with Crippen LogP contribution < -0.4 is 9.46 Å². The molecule has 1 aliphatic carbocycles. The van der Waals surface area contributed by atoms with E-state index in [2.05, 4.69) is 72.5 Å². The zero-order valence-corrected chi connectivity index (χ0v) is 31.3. The van der Waals surface area contributed by atoms with Gasteiger partial charge in [0.25, 0.3) is 5.91 Å². The van der Waals surface area contributed by atoms with Gasteiger partial charge in [0.2, 0.25) is 5.91 Å². The Morgan fingerprint density at radius 2 is 1.67 bits per heavy atom. The average Bonchev–Trinajstić information content (AvgIpc) is 3.35. The highest BCUT2D eigenvalue weighted by molar-refractivity contribution is 7.95. The van der Waals surface area contributed by atoms with Crippen LogP contribution in [-0.4, -0.2) is 85.9 Å². The highest BCUT2D eigenvalue weighted by Gasteiger charge is 2.46. The number of hydrogen-bond donors (Lipinski definition) is 1. The number of unbranched alkanes of at least 4 members (excludes halogenated alkanes) is 3. The van der Waals surface area contributed by atoms with Crippen LogP contribution in [0.15, 0.2) is 36.4 Å². The van der Waals surface area contributed by atoms with Gasteiger partial charge in [-0.05, 0) is 121 Å². The van der Waals surface area contributed by atoms with Crippen LogP contribution in [0.3, 0.4) is 0 Å². The van der Waals surface area contributed by atoms with Crippen molar-refractivity contribution in [3.05, 3.63) is 53.1 Å². The van der Waals surface area contributed by atoms with Gasteiger partial charge in [-0.25, -0.2) is 4.31 Å². The summed E-state index contributed by atoms with van der Waals surface area (Å²) >= 11 is 1.28. The second-order valence-corrected chi connectivity index (χ2v) is 15.9. The van der Waals surface area contributed by atoms with E-state index in [0.717, 1.165) is 55.6 Å². The smallest absolute Gasteiger partial charge is 0.262 e. The third kappa shape index (κ3) is 7.58. The van der Waals surface area contributed by atoms with Gasteiger partial charge in [-0.15, -0.1) is 0 Å². The number of ether oxygens (including phenoxy) is 1. The van der Waals surface area contributed by atoms with E-state index < -0.39 is 5.41 Å². The summed E-state index contributed by atoms with van der Waals surface area (Å²) in [6.45, 7) is 6.75. The number of amides is 2. The van der Waals surface area contributed by atoms with Gasteiger partial charge >= 0.3 is 0 Å². The third-order valence-corrected chi connectivity index (χ3v) is 11.4. The van der Waals surface area contributed by atoms with Crippen molar-refractivity contribution in [3.8, 4) is 17.0 Å². The maximum absolute atomic E-state index is 14.7. The van der Waals surface area contributed by atoms with Crippen molar-refractivity contribution < 1.29 is 14.3 Å². The summed E-state index contributed by atoms with van der Waals surface area (Å²) in [5.74, 6) is 1.23. The molecule has 262 valence electrons. The summed E-state index contributed by atoms with van der Waals surface area (Å²) in [6, 6.07) is 12.6. The van der Waals surface area contributed by atoms with E-state index in [1.807, 2.05) is 36.4 Å². The molecule has 48 heavy (non-hydrogen) atoms. The number of methoxy groups -OCH3 is 1. The monoisotopic (exact) mass is 675 g/mol. The van der Waals surface area contributed by atoms with Crippen LogP contribution >= 0.6 is 12.1 Å². The molecule has 1 fully saturated rings. The minimum Gasteiger partial charge on any atom is -0.497 e. The second kappa shape index (κ2) is 15.7. The van der Waals surface area contributed by atoms with Crippen molar-refractivity contribution in [2.45, 2.75) is 90.0 Å². The Balaban J connectivity index is 1.62. The fourth-order valence-corrected chi connectivity index (χ4v) is 8.32. The molecule has 9 heteroatoms. The van der Waals surface area contributed by atoms with Crippen molar-refractivity contribution in [1.29, 1.82) is 0 Å². The summed E-state index contributed by atoms with van der Waals surface area (Å²) in [7, 11) is 11.7. The predicted octanol–water partition coefficient (Wildman–Crippen LogP) is 7.92. The number of hydrogen-bond acceptors (Lipinski definition) is 6. The molecule has 0 spiro atoms. The predicted molar refractivity (Wildman–Crippen MR) is 200 cm³/mol. The van der Waals surface area contributed by atoms with Crippen molar-refractivity contribution in [1.82, 2.24) is 23.4 Å². The Bertz CT molecular complexity index is 1590. The molecule has 1 saturated carbocycles. The molecule has 2 aliphatic rings. The molecule has 0 unspecified atom stereocenters. The number of carbonyl (C=O) groups excluding carboxylic acids is 2. The molecule has 1 aliphatic heterocycles. The normalized spacial score (nSPS) is 19.7. The lowest BCUT2D eigenvalue weighted by Gasteiger charge is -2.37. The van der Waals surface area contributed by atoms with E-state index in [4.69, 9.17) is 4.74 Å². The number of aromatic nitrogens is 1. The summed E-state index contributed by atoms with van der Waals surface area (Å²) in [5.41, 5.74) is 5.85. The van der Waals surface area contributed by atoms with Crippen LogP contribution in [0.4, 0.5) is 0 Å². The van der Waals surface area contributed by atoms with Gasteiger partial charge in [-0.3, -0.25) is 14.3 Å². The highest BCUT2D eigenvalue weighted by atomic mass is 32.2. The lowest BCUT2D eigenvalue weighted by atomic mass is 9.72. The van der Waals surface area contributed by atoms with Crippen molar-refractivity contribution in [3.63, 3.8) is 0 Å². The van der Waals surface area contributed by atoms with Crippen LogP contribution in [0.1, 0.15) is 105 Å². The van der Waals surface area contributed by atoms with E-state index in [-0.39, 0.29) is 17.7 Å².